The Balaban J connectivity index is 3.40. The first-order valence-electron chi connectivity index (χ1n) is 6.53. The number of primary sulfonamides is 1. The van der Waals surface area contributed by atoms with Gasteiger partial charge < -0.3 is 4.90 Å². The van der Waals surface area contributed by atoms with Crippen LogP contribution in [0, 0.1) is 12.7 Å². The average molecular weight is 316 g/mol. The Hall–Kier alpha value is -1.47. The summed E-state index contributed by atoms with van der Waals surface area (Å²) in [7, 11) is -2.60. The van der Waals surface area contributed by atoms with Gasteiger partial charge in [0.2, 0.25) is 10.0 Å². The Morgan fingerprint density at radius 2 is 1.90 bits per heavy atom. The van der Waals surface area contributed by atoms with Gasteiger partial charge in [0.15, 0.2) is 0 Å². The van der Waals surface area contributed by atoms with Gasteiger partial charge in [-0.1, -0.05) is 6.92 Å². The van der Waals surface area contributed by atoms with Crippen LogP contribution < -0.4 is 5.14 Å². The lowest BCUT2D eigenvalue weighted by Crippen LogP contribution is -2.44. The molecule has 5 nitrogen and oxygen atoms in total. The molecule has 0 atom stereocenters. The zero-order chi connectivity index (χ0) is 16.6. The molecule has 0 heterocycles. The minimum Gasteiger partial charge on any atom is -0.337 e. The predicted molar refractivity (Wildman–Crippen MR) is 79.0 cm³/mol. The van der Waals surface area contributed by atoms with Crippen molar-refractivity contribution in [2.75, 3.05) is 7.05 Å². The van der Waals surface area contributed by atoms with Gasteiger partial charge in [0.1, 0.15) is 10.7 Å². The van der Waals surface area contributed by atoms with Crippen molar-refractivity contribution >= 4 is 15.9 Å². The average Bonchev–Trinajstić information content (AvgIpc) is 2.38. The first-order chi connectivity index (χ1) is 9.41. The summed E-state index contributed by atoms with van der Waals surface area (Å²) >= 11 is 0. The minimum absolute atomic E-state index is 0.0626. The van der Waals surface area contributed by atoms with E-state index in [1.807, 2.05) is 20.8 Å². The normalized spacial score (nSPS) is 12.3. The molecule has 0 spiro atoms. The Morgan fingerprint density at radius 3 is 2.33 bits per heavy atom. The monoisotopic (exact) mass is 316 g/mol. The van der Waals surface area contributed by atoms with Crippen LogP contribution in [0.15, 0.2) is 17.0 Å². The zero-order valence-corrected chi connectivity index (χ0v) is 13.7. The van der Waals surface area contributed by atoms with Crippen molar-refractivity contribution in [1.82, 2.24) is 4.90 Å². The van der Waals surface area contributed by atoms with Gasteiger partial charge in [-0.25, -0.2) is 17.9 Å². The van der Waals surface area contributed by atoms with Crippen molar-refractivity contribution in [3.63, 3.8) is 0 Å². The van der Waals surface area contributed by atoms with Crippen LogP contribution in [0.3, 0.4) is 0 Å². The van der Waals surface area contributed by atoms with E-state index in [0.29, 0.717) is 0 Å². The number of sulfonamides is 1. The third-order valence-electron chi connectivity index (χ3n) is 3.85. The smallest absolute Gasteiger partial charge is 0.254 e. The fourth-order valence-corrected chi connectivity index (χ4v) is 2.48. The van der Waals surface area contributed by atoms with Crippen molar-refractivity contribution in [2.24, 2.45) is 5.14 Å². The second-order valence-electron chi connectivity index (χ2n) is 5.68. The molecule has 0 unspecified atom stereocenters. The highest BCUT2D eigenvalue weighted by molar-refractivity contribution is 7.89. The van der Waals surface area contributed by atoms with Crippen molar-refractivity contribution < 1.29 is 17.6 Å². The van der Waals surface area contributed by atoms with Crippen LogP contribution in [0.5, 0.6) is 0 Å². The third kappa shape index (κ3) is 3.59. The Morgan fingerprint density at radius 1 is 1.38 bits per heavy atom. The van der Waals surface area contributed by atoms with E-state index in [9.17, 15) is 17.6 Å². The van der Waals surface area contributed by atoms with Crippen molar-refractivity contribution in [2.45, 2.75) is 44.6 Å². The summed E-state index contributed by atoms with van der Waals surface area (Å²) < 4.78 is 36.7. The topological polar surface area (TPSA) is 80.5 Å². The first-order valence-corrected chi connectivity index (χ1v) is 8.07. The van der Waals surface area contributed by atoms with Gasteiger partial charge in [0.05, 0.1) is 0 Å². The molecule has 0 aliphatic rings. The van der Waals surface area contributed by atoms with Gasteiger partial charge in [-0.2, -0.15) is 0 Å². The second-order valence-corrected chi connectivity index (χ2v) is 7.21. The van der Waals surface area contributed by atoms with Crippen LogP contribution in [0.25, 0.3) is 0 Å². The lowest BCUT2D eigenvalue weighted by atomic mass is 9.98. The molecule has 2 N–H and O–H groups in total. The van der Waals surface area contributed by atoms with Crippen molar-refractivity contribution in [3.8, 4) is 0 Å². The number of aryl methyl sites for hydroxylation is 1. The summed E-state index contributed by atoms with van der Waals surface area (Å²) in [5, 5.41) is 4.99. The maximum absolute atomic E-state index is 13.9. The number of carbonyl (C=O) groups is 1. The van der Waals surface area contributed by atoms with Crippen LogP contribution in [0.4, 0.5) is 4.39 Å². The van der Waals surface area contributed by atoms with Gasteiger partial charge >= 0.3 is 0 Å². The molecule has 0 fully saturated rings. The summed E-state index contributed by atoms with van der Waals surface area (Å²) in [6.45, 7) is 7.12. The molecule has 0 radical (unpaired) electrons. The van der Waals surface area contributed by atoms with Crippen LogP contribution in [-0.2, 0) is 10.0 Å². The number of hydrogen-bond acceptors (Lipinski definition) is 3. The summed E-state index contributed by atoms with van der Waals surface area (Å²) in [5.41, 5.74) is -0.240. The number of halogens is 1. The maximum Gasteiger partial charge on any atom is 0.254 e. The van der Waals surface area contributed by atoms with Crippen LogP contribution in [0.2, 0.25) is 0 Å². The van der Waals surface area contributed by atoms with Crippen LogP contribution in [0.1, 0.15) is 43.1 Å². The van der Waals surface area contributed by atoms with E-state index in [-0.39, 0.29) is 17.0 Å². The number of carbonyl (C=O) groups excluding carboxylic acids is 1. The summed E-state index contributed by atoms with van der Waals surface area (Å²) in [6, 6.07) is 2.32. The summed E-state index contributed by atoms with van der Waals surface area (Å²) in [6.07, 6.45) is 0.720. The number of nitrogens with two attached hydrogens (primary N) is 1. The Labute approximate surface area is 125 Å². The van der Waals surface area contributed by atoms with Gasteiger partial charge in [0, 0.05) is 18.2 Å². The summed E-state index contributed by atoms with van der Waals surface area (Å²) in [5.74, 6) is -1.30. The highest BCUT2D eigenvalue weighted by Crippen LogP contribution is 2.23. The lowest BCUT2D eigenvalue weighted by Gasteiger charge is -2.35. The number of hydrogen-bond donors (Lipinski definition) is 1. The van der Waals surface area contributed by atoms with E-state index >= 15 is 0 Å². The van der Waals surface area contributed by atoms with Gasteiger partial charge in [0.25, 0.3) is 5.91 Å². The molecule has 1 aromatic rings. The second kappa shape index (κ2) is 5.73. The molecule has 0 saturated heterocycles. The van der Waals surface area contributed by atoms with E-state index in [0.717, 1.165) is 12.5 Å². The standard InChI is InChI=1S/C14H21FN2O3S/c1-6-14(3,4)17(5)13(18)10-7-9(2)12(15)11(8-10)21(16,19)20/h7-8H,6H2,1-5H3,(H2,16,19,20). The molecule has 21 heavy (non-hydrogen) atoms. The molecule has 0 aliphatic carbocycles. The Bertz CT molecular complexity index is 669. The number of nitrogens with zero attached hydrogens (tertiary/aromatic N) is 1. The minimum atomic E-state index is -4.22. The van der Waals surface area contributed by atoms with Crippen molar-refractivity contribution in [3.05, 3.63) is 29.1 Å². The van der Waals surface area contributed by atoms with E-state index in [4.69, 9.17) is 5.14 Å². The lowest BCUT2D eigenvalue weighted by molar-refractivity contribution is 0.0620. The summed E-state index contributed by atoms with van der Waals surface area (Å²) in [4.78, 5) is 13.3. The first kappa shape index (κ1) is 17.6. The Kier molecular flexibility index (Phi) is 4.80. The highest BCUT2D eigenvalue weighted by Gasteiger charge is 2.28. The largest absolute Gasteiger partial charge is 0.337 e. The van der Waals surface area contributed by atoms with Gasteiger partial charge in [-0.05, 0) is 44.9 Å². The van der Waals surface area contributed by atoms with E-state index in [2.05, 4.69) is 0 Å². The van der Waals surface area contributed by atoms with Crippen LogP contribution in [-0.4, -0.2) is 31.8 Å². The quantitative estimate of drug-likeness (QED) is 0.923. The fraction of sp³-hybridized carbons (Fsp3) is 0.500. The number of rotatable bonds is 4. The number of amides is 1. The molecule has 0 saturated carbocycles. The molecule has 1 amide bonds. The predicted octanol–water partition coefficient (Wildman–Crippen LogP) is 2.04. The molecule has 0 bridgehead atoms. The zero-order valence-electron chi connectivity index (χ0n) is 12.9. The van der Waals surface area contributed by atoms with Gasteiger partial charge in [-0.15, -0.1) is 0 Å². The molecule has 118 valence electrons. The molecular formula is C14H21FN2O3S. The van der Waals surface area contributed by atoms with E-state index < -0.39 is 26.3 Å². The van der Waals surface area contributed by atoms with Gasteiger partial charge in [-0.3, -0.25) is 4.79 Å². The maximum atomic E-state index is 13.9. The molecule has 0 aromatic heterocycles. The third-order valence-corrected chi connectivity index (χ3v) is 4.76. The van der Waals surface area contributed by atoms with E-state index in [1.54, 1.807) is 7.05 Å². The van der Waals surface area contributed by atoms with E-state index in [1.165, 1.54) is 17.9 Å². The molecule has 1 rings (SSSR count). The highest BCUT2D eigenvalue weighted by atomic mass is 32.2. The molecule has 0 aliphatic heterocycles. The van der Waals surface area contributed by atoms with Crippen molar-refractivity contribution in [1.29, 1.82) is 0 Å². The molecule has 7 heteroatoms. The fourth-order valence-electron chi connectivity index (χ4n) is 1.77. The molecular weight excluding hydrogens is 295 g/mol. The van der Waals surface area contributed by atoms with Crippen LogP contribution >= 0.6 is 0 Å². The molecule has 1 aromatic carbocycles. The SMILES string of the molecule is CCC(C)(C)N(C)C(=O)c1cc(C)c(F)c(S(N)(=O)=O)c1. The number of benzene rings is 1.